The summed E-state index contributed by atoms with van der Waals surface area (Å²) in [6.07, 6.45) is 5.56. The maximum absolute atomic E-state index is 10.4. The van der Waals surface area contributed by atoms with E-state index in [2.05, 4.69) is 15.6 Å². The Morgan fingerprint density at radius 1 is 1.52 bits per heavy atom. The molecule has 21 heavy (non-hydrogen) atoms. The Morgan fingerprint density at radius 3 is 2.95 bits per heavy atom. The smallest absolute Gasteiger partial charge is 0.191 e. The van der Waals surface area contributed by atoms with Gasteiger partial charge < -0.3 is 24.9 Å². The van der Waals surface area contributed by atoms with Crippen LogP contribution in [0.1, 0.15) is 31.9 Å². The molecule has 2 fully saturated rings. The number of nitrogens with one attached hydrogen (secondary N) is 2. The lowest BCUT2D eigenvalue weighted by Gasteiger charge is -2.26. The van der Waals surface area contributed by atoms with E-state index in [4.69, 9.17) is 9.15 Å². The van der Waals surface area contributed by atoms with Crippen LogP contribution < -0.4 is 10.6 Å². The largest absolute Gasteiger partial charge is 0.466 e. The van der Waals surface area contributed by atoms with Gasteiger partial charge in [0.05, 0.1) is 31.1 Å². The first-order valence-electron chi connectivity index (χ1n) is 7.47. The number of aliphatic imine (C=N–C) groups is 1. The van der Waals surface area contributed by atoms with Crippen molar-refractivity contribution in [3.8, 4) is 0 Å². The number of nitrogens with zero attached hydrogens (tertiary/aromatic N) is 1. The summed E-state index contributed by atoms with van der Waals surface area (Å²) < 4.78 is 11.1. The average molecular weight is 293 g/mol. The van der Waals surface area contributed by atoms with Gasteiger partial charge in [-0.25, -0.2) is 0 Å². The molecule has 0 amide bonds. The Morgan fingerprint density at radius 2 is 2.38 bits per heavy atom. The fourth-order valence-electron chi connectivity index (χ4n) is 3.09. The minimum Gasteiger partial charge on any atom is -0.466 e. The summed E-state index contributed by atoms with van der Waals surface area (Å²) in [4.78, 5) is 4.22. The molecule has 2 aliphatic rings. The first-order chi connectivity index (χ1) is 10.1. The summed E-state index contributed by atoms with van der Waals surface area (Å²) in [5.41, 5.74) is -1.08. The molecule has 0 spiro atoms. The third-order valence-electron chi connectivity index (χ3n) is 4.30. The molecule has 116 valence electrons. The van der Waals surface area contributed by atoms with Gasteiger partial charge in [-0.05, 0) is 38.3 Å². The molecule has 3 rings (SSSR count). The maximum Gasteiger partial charge on any atom is 0.191 e. The molecule has 4 atom stereocenters. The zero-order valence-corrected chi connectivity index (χ0v) is 12.5. The van der Waals surface area contributed by atoms with Crippen molar-refractivity contribution in [2.75, 3.05) is 13.6 Å². The van der Waals surface area contributed by atoms with Gasteiger partial charge in [0.25, 0.3) is 0 Å². The number of hydrogen-bond donors (Lipinski definition) is 3. The highest BCUT2D eigenvalue weighted by atomic mass is 16.5. The van der Waals surface area contributed by atoms with Gasteiger partial charge >= 0.3 is 0 Å². The highest BCUT2D eigenvalue weighted by molar-refractivity contribution is 5.80. The number of furan rings is 1. The van der Waals surface area contributed by atoms with Crippen LogP contribution in [0.4, 0.5) is 0 Å². The normalized spacial score (nSPS) is 31.2. The molecule has 6 nitrogen and oxygen atoms in total. The number of rotatable bonds is 4. The minimum atomic E-state index is -1.08. The third kappa shape index (κ3) is 3.06. The topological polar surface area (TPSA) is 79.0 Å². The van der Waals surface area contributed by atoms with Gasteiger partial charge in [0.1, 0.15) is 11.4 Å². The lowest BCUT2D eigenvalue weighted by atomic mass is 9.96. The molecule has 2 bridgehead atoms. The molecule has 3 N–H and O–H groups in total. The molecule has 4 unspecified atom stereocenters. The van der Waals surface area contributed by atoms with Gasteiger partial charge in [-0.1, -0.05) is 0 Å². The average Bonchev–Trinajstić information content (AvgIpc) is 3.18. The summed E-state index contributed by atoms with van der Waals surface area (Å²) in [6.45, 7) is 2.04. The summed E-state index contributed by atoms with van der Waals surface area (Å²) in [7, 11) is 1.73. The summed E-state index contributed by atoms with van der Waals surface area (Å²) in [6, 6.07) is 3.84. The van der Waals surface area contributed by atoms with E-state index in [1.54, 1.807) is 32.4 Å². The monoisotopic (exact) mass is 293 g/mol. The molecular weight excluding hydrogens is 270 g/mol. The second kappa shape index (κ2) is 5.69. The SMILES string of the molecule is CN=C(NCC(C)(O)c1ccco1)NC1CC2CCC1O2. The number of fused-ring (bicyclic) bond motifs is 2. The maximum atomic E-state index is 10.4. The molecule has 0 radical (unpaired) electrons. The van der Waals surface area contributed by atoms with Gasteiger partial charge in [-0.3, -0.25) is 4.99 Å². The van der Waals surface area contributed by atoms with Gasteiger partial charge in [0.2, 0.25) is 0 Å². The molecule has 3 heterocycles. The van der Waals surface area contributed by atoms with Crippen LogP contribution in [-0.2, 0) is 10.3 Å². The molecule has 0 saturated carbocycles. The van der Waals surface area contributed by atoms with Crippen molar-refractivity contribution in [2.24, 2.45) is 4.99 Å². The first-order valence-corrected chi connectivity index (χ1v) is 7.47. The second-order valence-electron chi connectivity index (χ2n) is 6.04. The number of aliphatic hydroxyl groups is 1. The van der Waals surface area contributed by atoms with Gasteiger partial charge in [-0.15, -0.1) is 0 Å². The van der Waals surface area contributed by atoms with Crippen molar-refractivity contribution < 1.29 is 14.3 Å². The van der Waals surface area contributed by atoms with Crippen molar-refractivity contribution in [2.45, 2.75) is 50.0 Å². The zero-order valence-electron chi connectivity index (χ0n) is 12.5. The van der Waals surface area contributed by atoms with Crippen molar-refractivity contribution in [1.29, 1.82) is 0 Å². The molecule has 2 saturated heterocycles. The lowest BCUT2D eigenvalue weighted by molar-refractivity contribution is 0.0385. The van der Waals surface area contributed by atoms with E-state index >= 15 is 0 Å². The van der Waals surface area contributed by atoms with E-state index in [1.807, 2.05) is 0 Å². The summed E-state index contributed by atoms with van der Waals surface area (Å²) in [5.74, 6) is 1.22. The second-order valence-corrected chi connectivity index (χ2v) is 6.04. The molecule has 1 aromatic rings. The fraction of sp³-hybridized carbons (Fsp3) is 0.667. The van der Waals surface area contributed by atoms with Crippen LogP contribution in [0.3, 0.4) is 0 Å². The molecule has 1 aromatic heterocycles. The highest BCUT2D eigenvalue weighted by Crippen LogP contribution is 2.34. The van der Waals surface area contributed by atoms with E-state index in [-0.39, 0.29) is 0 Å². The molecule has 0 aromatic carbocycles. The molecule has 2 aliphatic heterocycles. The number of ether oxygens (including phenoxy) is 1. The zero-order chi connectivity index (χ0) is 14.9. The van der Waals surface area contributed by atoms with E-state index in [9.17, 15) is 5.11 Å². The van der Waals surface area contributed by atoms with Crippen LogP contribution >= 0.6 is 0 Å². The summed E-state index contributed by atoms with van der Waals surface area (Å²) in [5, 5.41) is 17.0. The van der Waals surface area contributed by atoms with Crippen LogP contribution in [-0.4, -0.2) is 42.9 Å². The van der Waals surface area contributed by atoms with E-state index < -0.39 is 5.60 Å². The van der Waals surface area contributed by atoms with Crippen molar-refractivity contribution in [3.63, 3.8) is 0 Å². The van der Waals surface area contributed by atoms with E-state index in [0.717, 1.165) is 12.8 Å². The van der Waals surface area contributed by atoms with Crippen LogP contribution in [0, 0.1) is 0 Å². The Bertz CT molecular complexity index is 498. The van der Waals surface area contributed by atoms with Crippen molar-refractivity contribution in [3.05, 3.63) is 24.2 Å². The van der Waals surface area contributed by atoms with Crippen molar-refractivity contribution >= 4 is 5.96 Å². The fourth-order valence-corrected chi connectivity index (χ4v) is 3.09. The number of hydrogen-bond acceptors (Lipinski definition) is 4. The predicted molar refractivity (Wildman–Crippen MR) is 79.1 cm³/mol. The Balaban J connectivity index is 1.53. The van der Waals surface area contributed by atoms with Gasteiger partial charge in [-0.2, -0.15) is 0 Å². The Kier molecular flexibility index (Phi) is 3.91. The Labute approximate surface area is 124 Å². The standard InChI is InChI=1S/C15H23N3O3/c1-15(19,13-4-3-7-20-13)9-17-14(16-2)18-11-8-10-5-6-12(11)21-10/h3-4,7,10-12,19H,5-6,8-9H2,1-2H3,(H2,16,17,18). The predicted octanol–water partition coefficient (Wildman–Crippen LogP) is 0.972. The van der Waals surface area contributed by atoms with E-state index in [0.29, 0.717) is 36.5 Å². The number of guanidine groups is 1. The van der Waals surface area contributed by atoms with Crippen LogP contribution in [0.2, 0.25) is 0 Å². The summed E-state index contributed by atoms with van der Waals surface area (Å²) >= 11 is 0. The van der Waals surface area contributed by atoms with Gasteiger partial charge in [0, 0.05) is 7.05 Å². The molecule has 0 aliphatic carbocycles. The lowest BCUT2D eigenvalue weighted by Crippen LogP contribution is -2.50. The van der Waals surface area contributed by atoms with Crippen LogP contribution in [0.25, 0.3) is 0 Å². The molecule has 6 heteroatoms. The quantitative estimate of drug-likeness (QED) is 0.569. The van der Waals surface area contributed by atoms with Crippen molar-refractivity contribution in [1.82, 2.24) is 10.6 Å². The van der Waals surface area contributed by atoms with Crippen LogP contribution in [0.15, 0.2) is 27.8 Å². The van der Waals surface area contributed by atoms with E-state index in [1.165, 1.54) is 6.42 Å². The Hall–Kier alpha value is -1.53. The molecular formula is C15H23N3O3. The minimum absolute atomic E-state index is 0.291. The highest BCUT2D eigenvalue weighted by Gasteiger charge is 2.41. The van der Waals surface area contributed by atoms with Gasteiger partial charge in [0.15, 0.2) is 5.96 Å². The van der Waals surface area contributed by atoms with Crippen LogP contribution in [0.5, 0.6) is 0 Å². The first kappa shape index (κ1) is 14.4. The third-order valence-corrected chi connectivity index (χ3v) is 4.30.